The highest BCUT2D eigenvalue weighted by Crippen LogP contribution is 2.31. The van der Waals surface area contributed by atoms with Gasteiger partial charge in [-0.3, -0.25) is 14.4 Å². The number of carbonyl (C=O) groups excluding carboxylic acids is 4. The summed E-state index contributed by atoms with van der Waals surface area (Å²) in [4.78, 5) is 51.5. The molecule has 1 aliphatic rings. The fourth-order valence-corrected chi connectivity index (χ4v) is 4.33. The Balaban J connectivity index is 1.32. The van der Waals surface area contributed by atoms with Gasteiger partial charge in [0.15, 0.2) is 0 Å². The van der Waals surface area contributed by atoms with Crippen molar-refractivity contribution in [3.63, 3.8) is 0 Å². The van der Waals surface area contributed by atoms with E-state index in [1.165, 1.54) is 31.4 Å². The van der Waals surface area contributed by atoms with Crippen molar-refractivity contribution in [1.29, 1.82) is 0 Å². The summed E-state index contributed by atoms with van der Waals surface area (Å²) in [6, 6.07) is 25.7. The Morgan fingerprint density at radius 1 is 0.816 bits per heavy atom. The first-order valence-electron chi connectivity index (χ1n) is 11.5. The second kappa shape index (κ2) is 10.2. The summed E-state index contributed by atoms with van der Waals surface area (Å²) in [5.74, 6) is -2.31. The summed E-state index contributed by atoms with van der Waals surface area (Å²) in [6.07, 6.45) is 0. The summed E-state index contributed by atoms with van der Waals surface area (Å²) in [6.45, 7) is 0. The molecule has 0 aromatic heterocycles. The maximum Gasteiger partial charge on any atom is 0.337 e. The molecule has 9 heteroatoms. The van der Waals surface area contributed by atoms with Gasteiger partial charge in [-0.2, -0.15) is 0 Å². The number of imide groups is 1. The van der Waals surface area contributed by atoms with Crippen LogP contribution in [0, 0.1) is 0 Å². The van der Waals surface area contributed by atoms with E-state index < -0.39 is 17.8 Å². The number of rotatable bonds is 6. The minimum Gasteiger partial charge on any atom is -0.465 e. The van der Waals surface area contributed by atoms with Crippen LogP contribution in [0.2, 0.25) is 0 Å². The quantitative estimate of drug-likeness (QED) is 0.261. The van der Waals surface area contributed by atoms with E-state index in [0.717, 1.165) is 15.7 Å². The highest BCUT2D eigenvalue weighted by Gasteiger charge is 2.39. The lowest BCUT2D eigenvalue weighted by molar-refractivity contribution is -0.120. The van der Waals surface area contributed by atoms with Crippen LogP contribution in [-0.4, -0.2) is 30.8 Å². The van der Waals surface area contributed by atoms with Crippen LogP contribution in [0.5, 0.6) is 0 Å². The molecule has 0 spiro atoms. The monoisotopic (exact) mass is 525 g/mol. The number of nitrogens with one attached hydrogen (secondary N) is 2. The second-order valence-electron chi connectivity index (χ2n) is 8.36. The number of amides is 3. The second-order valence-corrected chi connectivity index (χ2v) is 8.74. The van der Waals surface area contributed by atoms with Crippen LogP contribution < -0.4 is 15.5 Å². The maximum absolute atomic E-state index is 13.1. The van der Waals surface area contributed by atoms with Crippen LogP contribution in [-0.2, 0) is 14.3 Å². The lowest BCUT2D eigenvalue weighted by Gasteiger charge is -2.16. The van der Waals surface area contributed by atoms with Crippen molar-refractivity contribution < 1.29 is 23.9 Å². The third-order valence-corrected chi connectivity index (χ3v) is 6.36. The minimum absolute atomic E-state index is 0.118. The number of hydrogen-bond donors (Lipinski definition) is 2. The zero-order valence-electron chi connectivity index (χ0n) is 20.0. The van der Waals surface area contributed by atoms with E-state index >= 15 is 0 Å². The molecule has 38 heavy (non-hydrogen) atoms. The fourth-order valence-electron chi connectivity index (χ4n) is 4.11. The number of esters is 1. The van der Waals surface area contributed by atoms with Crippen LogP contribution in [0.15, 0.2) is 102 Å². The van der Waals surface area contributed by atoms with Gasteiger partial charge in [0.05, 0.1) is 18.4 Å². The van der Waals surface area contributed by atoms with Gasteiger partial charge in [-0.05, 0) is 53.9 Å². The molecule has 0 fully saturated rings. The largest absolute Gasteiger partial charge is 0.465 e. The number of ether oxygens (including phenoxy) is 1. The first-order chi connectivity index (χ1) is 18.4. The van der Waals surface area contributed by atoms with Crippen molar-refractivity contribution in [1.82, 2.24) is 0 Å². The SMILES string of the molecule is COC(=O)c1cccc(N2C(=O)C(Cl)=C(Nc3ccc(C(=O)Nc4cccc5ccccc45)cc3)C2=O)c1. The highest BCUT2D eigenvalue weighted by atomic mass is 35.5. The number of anilines is 3. The molecule has 2 N–H and O–H groups in total. The first-order valence-corrected chi connectivity index (χ1v) is 11.9. The van der Waals surface area contributed by atoms with Gasteiger partial charge in [0.2, 0.25) is 0 Å². The Bertz CT molecular complexity index is 1640. The minimum atomic E-state index is -0.729. The molecule has 0 unspecified atom stereocenters. The molecule has 0 aliphatic carbocycles. The number of carbonyl (C=O) groups is 4. The average molecular weight is 526 g/mol. The first kappa shape index (κ1) is 24.7. The third kappa shape index (κ3) is 4.60. The molecule has 0 saturated heterocycles. The normalized spacial score (nSPS) is 13.2. The molecule has 0 saturated carbocycles. The molecule has 1 heterocycles. The van der Waals surface area contributed by atoms with Gasteiger partial charge in [0, 0.05) is 22.3 Å². The molecule has 0 atom stereocenters. The van der Waals surface area contributed by atoms with E-state index in [9.17, 15) is 19.2 Å². The molecule has 0 bridgehead atoms. The molecular formula is C29H20ClN3O5. The van der Waals surface area contributed by atoms with E-state index in [4.69, 9.17) is 16.3 Å². The van der Waals surface area contributed by atoms with Gasteiger partial charge in [-0.15, -0.1) is 0 Å². The zero-order chi connectivity index (χ0) is 26.8. The van der Waals surface area contributed by atoms with Crippen LogP contribution in [0.3, 0.4) is 0 Å². The van der Waals surface area contributed by atoms with Gasteiger partial charge >= 0.3 is 5.97 Å². The van der Waals surface area contributed by atoms with Crippen molar-refractivity contribution in [3.05, 3.63) is 113 Å². The molecule has 4 aromatic carbocycles. The number of hydrogen-bond acceptors (Lipinski definition) is 6. The number of halogens is 1. The predicted octanol–water partition coefficient (Wildman–Crippen LogP) is 5.31. The predicted molar refractivity (Wildman–Crippen MR) is 145 cm³/mol. The molecule has 188 valence electrons. The highest BCUT2D eigenvalue weighted by molar-refractivity contribution is 6.53. The molecule has 3 amide bonds. The molecule has 5 rings (SSSR count). The van der Waals surface area contributed by atoms with Crippen molar-refractivity contribution in [2.75, 3.05) is 22.6 Å². The Hall–Kier alpha value is -4.95. The average Bonchev–Trinajstić information content (AvgIpc) is 3.16. The van der Waals surface area contributed by atoms with Gasteiger partial charge in [-0.1, -0.05) is 54.1 Å². The van der Waals surface area contributed by atoms with E-state index in [0.29, 0.717) is 16.9 Å². The van der Waals surface area contributed by atoms with E-state index in [2.05, 4.69) is 10.6 Å². The third-order valence-electron chi connectivity index (χ3n) is 6.01. The van der Waals surface area contributed by atoms with E-state index in [1.807, 2.05) is 42.5 Å². The lowest BCUT2D eigenvalue weighted by atomic mass is 10.1. The van der Waals surface area contributed by atoms with Crippen LogP contribution in [0.25, 0.3) is 10.8 Å². The topological polar surface area (TPSA) is 105 Å². The summed E-state index contributed by atoms with van der Waals surface area (Å²) in [5, 5.41) is 7.44. The van der Waals surface area contributed by atoms with Gasteiger partial charge in [-0.25, -0.2) is 9.69 Å². The Morgan fingerprint density at radius 3 is 2.29 bits per heavy atom. The summed E-state index contributed by atoms with van der Waals surface area (Å²) < 4.78 is 4.70. The van der Waals surface area contributed by atoms with Crippen LogP contribution in [0.4, 0.5) is 17.1 Å². The van der Waals surface area contributed by atoms with Gasteiger partial charge in [0.25, 0.3) is 17.7 Å². The van der Waals surface area contributed by atoms with Crippen LogP contribution in [0.1, 0.15) is 20.7 Å². The number of methoxy groups -OCH3 is 1. The Kier molecular flexibility index (Phi) is 6.64. The number of nitrogens with zero attached hydrogens (tertiary/aromatic N) is 1. The van der Waals surface area contributed by atoms with Gasteiger partial charge in [0.1, 0.15) is 10.7 Å². The standard InChI is InChI=1S/C29H20ClN3O5/c1-38-29(37)19-8-4-9-21(16-19)33-27(35)24(30)25(28(33)36)31-20-14-12-18(13-15-20)26(34)32-23-11-5-7-17-6-2-3-10-22(17)23/h2-16,31H,1H3,(H,32,34). The Labute approximate surface area is 222 Å². The van der Waals surface area contributed by atoms with Crippen molar-refractivity contribution >= 4 is 63.1 Å². The fraction of sp³-hybridized carbons (Fsp3) is 0.0345. The number of benzene rings is 4. The smallest absolute Gasteiger partial charge is 0.337 e. The summed E-state index contributed by atoms with van der Waals surface area (Å²) in [5.41, 5.74) is 1.79. The zero-order valence-corrected chi connectivity index (χ0v) is 20.8. The van der Waals surface area contributed by atoms with E-state index in [-0.39, 0.29) is 27.9 Å². The molecule has 1 aliphatic heterocycles. The van der Waals surface area contributed by atoms with Crippen molar-refractivity contribution in [2.24, 2.45) is 0 Å². The molecule has 8 nitrogen and oxygen atoms in total. The maximum atomic E-state index is 13.1. The number of fused-ring (bicyclic) bond motifs is 1. The van der Waals surface area contributed by atoms with Gasteiger partial charge < -0.3 is 15.4 Å². The lowest BCUT2D eigenvalue weighted by Crippen LogP contribution is -2.32. The van der Waals surface area contributed by atoms with Crippen molar-refractivity contribution in [2.45, 2.75) is 0 Å². The van der Waals surface area contributed by atoms with E-state index in [1.54, 1.807) is 24.3 Å². The molecular weight excluding hydrogens is 506 g/mol. The van der Waals surface area contributed by atoms with Crippen LogP contribution >= 0.6 is 11.6 Å². The van der Waals surface area contributed by atoms with Crippen molar-refractivity contribution in [3.8, 4) is 0 Å². The summed E-state index contributed by atoms with van der Waals surface area (Å²) in [7, 11) is 1.24. The summed E-state index contributed by atoms with van der Waals surface area (Å²) >= 11 is 6.22. The molecule has 4 aromatic rings. The molecule has 0 radical (unpaired) electrons. The Morgan fingerprint density at radius 2 is 1.53 bits per heavy atom.